The first-order chi connectivity index (χ1) is 50.9. The van der Waals surface area contributed by atoms with Gasteiger partial charge in [-0.2, -0.15) is 0 Å². The van der Waals surface area contributed by atoms with E-state index < -0.39 is 97.5 Å². The van der Waals surface area contributed by atoms with Crippen LogP contribution in [0.3, 0.4) is 0 Å². The summed E-state index contributed by atoms with van der Waals surface area (Å²) in [4.78, 5) is 73.2. The van der Waals surface area contributed by atoms with Gasteiger partial charge in [-0.05, 0) is 63.2 Å². The number of aliphatic hydroxyl groups excluding tert-OH is 1. The van der Waals surface area contributed by atoms with E-state index in [1.807, 2.05) is 0 Å². The van der Waals surface area contributed by atoms with Gasteiger partial charge in [0, 0.05) is 25.7 Å². The largest absolute Gasteiger partial charge is 0.472 e. The normalized spacial score (nSPS) is 14.2. The fourth-order valence-corrected chi connectivity index (χ4v) is 14.4. The highest BCUT2D eigenvalue weighted by molar-refractivity contribution is 7.47. The summed E-state index contributed by atoms with van der Waals surface area (Å²) >= 11 is 0. The molecule has 0 saturated carbocycles. The Morgan fingerprint density at radius 3 is 0.857 bits per heavy atom. The lowest BCUT2D eigenvalue weighted by molar-refractivity contribution is -0.161. The second kappa shape index (κ2) is 76.9. The van der Waals surface area contributed by atoms with E-state index in [0.717, 1.165) is 115 Å². The summed E-state index contributed by atoms with van der Waals surface area (Å²) in [5.41, 5.74) is 0. The maximum Gasteiger partial charge on any atom is 0.472 e. The third-order valence-electron chi connectivity index (χ3n) is 19.9. The van der Waals surface area contributed by atoms with Crippen LogP contribution >= 0.6 is 15.6 Å². The number of unbranched alkanes of at least 4 members (excludes halogenated alkanes) is 49. The molecule has 19 heteroatoms. The van der Waals surface area contributed by atoms with Crippen LogP contribution in [0.15, 0.2) is 24.3 Å². The van der Waals surface area contributed by atoms with Crippen molar-refractivity contribution in [3.05, 3.63) is 24.3 Å². The van der Waals surface area contributed by atoms with Gasteiger partial charge in [0.15, 0.2) is 12.2 Å². The van der Waals surface area contributed by atoms with Gasteiger partial charge in [0.25, 0.3) is 0 Å². The highest BCUT2D eigenvalue weighted by Gasteiger charge is 2.30. The molecule has 0 bridgehead atoms. The van der Waals surface area contributed by atoms with Gasteiger partial charge >= 0.3 is 39.5 Å². The van der Waals surface area contributed by atoms with E-state index in [0.29, 0.717) is 25.7 Å². The molecule has 3 N–H and O–H groups in total. The molecule has 0 spiro atoms. The smallest absolute Gasteiger partial charge is 0.462 e. The number of hydrogen-bond donors (Lipinski definition) is 3. The van der Waals surface area contributed by atoms with Crippen LogP contribution in [0.1, 0.15) is 433 Å². The number of rotatable bonds is 83. The van der Waals surface area contributed by atoms with E-state index in [9.17, 15) is 43.2 Å². The van der Waals surface area contributed by atoms with E-state index >= 15 is 0 Å². The number of esters is 4. The van der Waals surface area contributed by atoms with Crippen molar-refractivity contribution in [2.24, 2.45) is 11.8 Å². The Bertz CT molecular complexity index is 2110. The van der Waals surface area contributed by atoms with Crippen LogP contribution in [-0.4, -0.2) is 96.7 Å². The Hall–Kier alpha value is -2.46. The first kappa shape index (κ1) is 103. The van der Waals surface area contributed by atoms with Crippen LogP contribution in [0.4, 0.5) is 0 Å². The van der Waals surface area contributed by atoms with Crippen molar-refractivity contribution < 1.29 is 80.2 Å². The van der Waals surface area contributed by atoms with Gasteiger partial charge in [-0.3, -0.25) is 37.3 Å². The molecule has 0 saturated heterocycles. The number of allylic oxidation sites excluding steroid dienone is 4. The lowest BCUT2D eigenvalue weighted by atomic mass is 9.99. The van der Waals surface area contributed by atoms with Crippen molar-refractivity contribution in [2.75, 3.05) is 39.6 Å². The van der Waals surface area contributed by atoms with Gasteiger partial charge < -0.3 is 33.8 Å². The van der Waals surface area contributed by atoms with Gasteiger partial charge in [0.1, 0.15) is 19.3 Å². The minimum Gasteiger partial charge on any atom is -0.462 e. The van der Waals surface area contributed by atoms with E-state index in [4.69, 9.17) is 37.0 Å². The lowest BCUT2D eigenvalue weighted by Gasteiger charge is -2.21. The maximum atomic E-state index is 13.1. The Morgan fingerprint density at radius 2 is 0.562 bits per heavy atom. The number of ether oxygens (including phenoxy) is 4. The molecule has 0 rings (SSSR count). The maximum absolute atomic E-state index is 13.1. The zero-order valence-corrected chi connectivity index (χ0v) is 70.3. The summed E-state index contributed by atoms with van der Waals surface area (Å²) in [7, 11) is -9.94. The molecule has 17 nitrogen and oxygen atoms in total. The number of carbonyl (C=O) groups is 4. The lowest BCUT2D eigenvalue weighted by Crippen LogP contribution is -2.30. The standard InChI is InChI=1S/C86H164O17P2/c1-7-10-12-14-16-18-20-22-24-25-26-27-28-32-37-41-45-53-59-65-71-85(90)102-81(74-96-83(88)68-62-56-50-43-39-35-33-29-31-34-38-42-48-54-60-66-78(4)5)76-100-104(92,93)98-72-80(87)73-99-105(94,95)101-77-82(75-97-84(89)69-63-57-51-47-46-49-55-61-67-79(6)9-3)103-86(91)70-64-58-52-44-40-36-30-23-21-19-17-15-13-11-8-2/h19,21,23,30,78-82,87H,7-18,20,22,24-29,31-77H2,1-6H3,(H,92,93)(H,94,95)/b21-19-,30-23-/t79?,80-,81-,82-/m1/s1. The molecule has 620 valence electrons. The zero-order chi connectivity index (χ0) is 77.1. The van der Waals surface area contributed by atoms with Crippen LogP contribution in [0.5, 0.6) is 0 Å². The monoisotopic (exact) mass is 1530 g/mol. The highest BCUT2D eigenvalue weighted by atomic mass is 31.2. The predicted octanol–water partition coefficient (Wildman–Crippen LogP) is 25.8. The van der Waals surface area contributed by atoms with Crippen molar-refractivity contribution in [2.45, 2.75) is 452 Å². The quantitative estimate of drug-likeness (QED) is 0.0169. The summed E-state index contributed by atoms with van der Waals surface area (Å²) in [6.45, 7) is 9.63. The van der Waals surface area contributed by atoms with Crippen LogP contribution < -0.4 is 0 Å². The van der Waals surface area contributed by atoms with Crippen LogP contribution in [-0.2, 0) is 65.4 Å². The number of phosphoric acid groups is 2. The molecule has 6 atom stereocenters. The fourth-order valence-electron chi connectivity index (χ4n) is 12.8. The molecule has 0 heterocycles. The topological polar surface area (TPSA) is 237 Å². The number of carbonyl (C=O) groups excluding carboxylic acids is 4. The van der Waals surface area contributed by atoms with Gasteiger partial charge in [-0.1, -0.05) is 380 Å². The van der Waals surface area contributed by atoms with E-state index in [1.54, 1.807) is 0 Å². The Balaban J connectivity index is 5.29. The molecule has 0 radical (unpaired) electrons. The molecular formula is C86H164O17P2. The molecule has 105 heavy (non-hydrogen) atoms. The average Bonchev–Trinajstić information content (AvgIpc) is 0.976. The molecular weight excluding hydrogens is 1370 g/mol. The summed E-state index contributed by atoms with van der Waals surface area (Å²) in [6.07, 6.45) is 71.6. The molecule has 3 unspecified atom stereocenters. The number of aliphatic hydroxyl groups is 1. The molecule has 0 amide bonds. The number of phosphoric ester groups is 2. The molecule has 0 aliphatic carbocycles. The van der Waals surface area contributed by atoms with Crippen molar-refractivity contribution in [1.82, 2.24) is 0 Å². The van der Waals surface area contributed by atoms with Crippen molar-refractivity contribution in [3.8, 4) is 0 Å². The van der Waals surface area contributed by atoms with Gasteiger partial charge in [0.2, 0.25) is 0 Å². The fraction of sp³-hybridized carbons (Fsp3) is 0.907. The van der Waals surface area contributed by atoms with Gasteiger partial charge in [0.05, 0.1) is 26.4 Å². The summed E-state index contributed by atoms with van der Waals surface area (Å²) < 4.78 is 68.9. The Kier molecular flexibility index (Phi) is 75.1. The molecule has 0 aromatic rings. The van der Waals surface area contributed by atoms with Crippen LogP contribution in [0, 0.1) is 11.8 Å². The molecule has 0 fully saturated rings. The van der Waals surface area contributed by atoms with E-state index in [-0.39, 0.29) is 25.7 Å². The average molecular weight is 1530 g/mol. The summed E-state index contributed by atoms with van der Waals surface area (Å²) in [5.74, 6) is -0.554. The van der Waals surface area contributed by atoms with Crippen molar-refractivity contribution in [1.29, 1.82) is 0 Å². The van der Waals surface area contributed by atoms with Crippen LogP contribution in [0.25, 0.3) is 0 Å². The number of hydrogen-bond acceptors (Lipinski definition) is 15. The highest BCUT2D eigenvalue weighted by Crippen LogP contribution is 2.45. The van der Waals surface area contributed by atoms with Gasteiger partial charge in [-0.25, -0.2) is 9.13 Å². The van der Waals surface area contributed by atoms with Gasteiger partial charge in [-0.15, -0.1) is 0 Å². The van der Waals surface area contributed by atoms with Crippen molar-refractivity contribution in [3.63, 3.8) is 0 Å². The molecule has 0 aromatic carbocycles. The zero-order valence-electron chi connectivity index (χ0n) is 68.5. The van der Waals surface area contributed by atoms with Crippen molar-refractivity contribution >= 4 is 39.5 Å². The minimum absolute atomic E-state index is 0.0849. The van der Waals surface area contributed by atoms with E-state index in [1.165, 1.54) is 238 Å². The first-order valence-corrected chi connectivity index (χ1v) is 46.8. The van der Waals surface area contributed by atoms with Crippen LogP contribution in [0.2, 0.25) is 0 Å². The molecule has 0 aromatic heterocycles. The first-order valence-electron chi connectivity index (χ1n) is 43.8. The predicted molar refractivity (Wildman–Crippen MR) is 432 cm³/mol. The minimum atomic E-state index is -4.97. The molecule has 0 aliphatic heterocycles. The SMILES string of the molecule is CCCCCC/C=C\C=C/CCCCCCCC(=O)O[C@H](COC(=O)CCCCCCCCCCC(C)CC)COP(=O)(O)OC[C@H](O)COP(=O)(O)OC[C@@H](COC(=O)CCCCCCCCCCCCCCCCCC(C)C)OC(=O)CCCCCCCCCCCCCCCCCCCCCC. The third kappa shape index (κ3) is 78.0. The second-order valence-corrected chi connectivity index (χ2v) is 33.9. The van der Waals surface area contributed by atoms with E-state index in [2.05, 4.69) is 65.8 Å². The Morgan fingerprint density at radius 1 is 0.314 bits per heavy atom. The third-order valence-corrected chi connectivity index (χ3v) is 21.8. The molecule has 0 aliphatic rings. The second-order valence-electron chi connectivity index (χ2n) is 31.0. The summed E-state index contributed by atoms with van der Waals surface area (Å²) in [5, 5.41) is 10.7. The Labute approximate surface area is 643 Å². The summed E-state index contributed by atoms with van der Waals surface area (Å²) in [6, 6.07) is 0.